The van der Waals surface area contributed by atoms with Crippen LogP contribution in [0, 0.1) is 13.8 Å². The van der Waals surface area contributed by atoms with E-state index in [1.165, 1.54) is 11.1 Å². The van der Waals surface area contributed by atoms with Crippen molar-refractivity contribution in [3.05, 3.63) is 101 Å². The Morgan fingerprint density at radius 2 is 1.85 bits per heavy atom. The van der Waals surface area contributed by atoms with E-state index in [1.807, 2.05) is 43.3 Å². The van der Waals surface area contributed by atoms with Crippen molar-refractivity contribution in [2.24, 2.45) is 5.16 Å². The molecule has 2 aromatic carbocycles. The van der Waals surface area contributed by atoms with Gasteiger partial charge < -0.3 is 14.4 Å². The average Bonchev–Trinajstić information content (AvgIpc) is 3.33. The summed E-state index contributed by atoms with van der Waals surface area (Å²) in [5.41, 5.74) is 6.66. The van der Waals surface area contributed by atoms with Crippen LogP contribution in [0.15, 0.2) is 76.4 Å². The molecule has 4 aromatic rings. The number of methoxy groups -OCH3 is 1. The van der Waals surface area contributed by atoms with Crippen molar-refractivity contribution in [3.63, 3.8) is 0 Å². The number of benzene rings is 2. The minimum Gasteiger partial charge on any atom is -0.421 e. The predicted octanol–water partition coefficient (Wildman–Crippen LogP) is 5.34. The van der Waals surface area contributed by atoms with E-state index in [2.05, 4.69) is 51.5 Å². The Morgan fingerprint density at radius 1 is 1.06 bits per heavy atom. The molecular formula is C27H28N4O3. The molecule has 0 aliphatic heterocycles. The van der Waals surface area contributed by atoms with E-state index in [4.69, 9.17) is 9.15 Å². The Hall–Kier alpha value is -3.84. The average molecular weight is 457 g/mol. The highest BCUT2D eigenvalue weighted by molar-refractivity contribution is 6.01. The van der Waals surface area contributed by atoms with Crippen molar-refractivity contribution >= 4 is 5.71 Å². The molecule has 0 bridgehead atoms. The van der Waals surface area contributed by atoms with Gasteiger partial charge in [-0.2, -0.15) is 0 Å². The van der Waals surface area contributed by atoms with Gasteiger partial charge in [-0.1, -0.05) is 41.6 Å². The molecule has 0 spiro atoms. The molecule has 2 heterocycles. The summed E-state index contributed by atoms with van der Waals surface area (Å²) in [6.07, 6.45) is 2.85. The highest BCUT2D eigenvalue weighted by Crippen LogP contribution is 2.33. The Morgan fingerprint density at radius 3 is 2.56 bits per heavy atom. The molecule has 0 amide bonds. The van der Waals surface area contributed by atoms with Crippen LogP contribution in [0.2, 0.25) is 0 Å². The molecule has 0 aliphatic carbocycles. The zero-order valence-electron chi connectivity index (χ0n) is 19.6. The molecule has 0 saturated heterocycles. The van der Waals surface area contributed by atoms with E-state index in [1.54, 1.807) is 13.3 Å². The number of hydrogen-bond donors (Lipinski definition) is 1. The lowest BCUT2D eigenvalue weighted by molar-refractivity contribution is 0.195. The van der Waals surface area contributed by atoms with E-state index in [0.29, 0.717) is 36.9 Å². The van der Waals surface area contributed by atoms with Gasteiger partial charge in [0.2, 0.25) is 11.8 Å². The fourth-order valence-corrected chi connectivity index (χ4v) is 4.04. The van der Waals surface area contributed by atoms with Crippen LogP contribution >= 0.6 is 0 Å². The first-order valence-electron chi connectivity index (χ1n) is 11.2. The standard InChI is InChI=1S/C27H28N4O3/c1-18-6-4-5-7-23(18)24(17-25(31-32)22-12-14-28-19(2)16-22)20-8-10-21(11-9-20)27-30-29-26(34-27)13-15-33-3/h4-12,14,16,24,32H,13,15,17H2,1-3H3. The van der Waals surface area contributed by atoms with Crippen molar-refractivity contribution in [1.29, 1.82) is 0 Å². The Kier molecular flexibility index (Phi) is 7.44. The lowest BCUT2D eigenvalue weighted by Crippen LogP contribution is -2.12. The maximum Gasteiger partial charge on any atom is 0.247 e. The lowest BCUT2D eigenvalue weighted by atomic mass is 9.83. The van der Waals surface area contributed by atoms with Crippen LogP contribution in [-0.4, -0.2) is 39.8 Å². The second-order valence-corrected chi connectivity index (χ2v) is 8.21. The summed E-state index contributed by atoms with van der Waals surface area (Å²) in [4.78, 5) is 4.26. The molecule has 2 aromatic heterocycles. The van der Waals surface area contributed by atoms with Gasteiger partial charge in [-0.3, -0.25) is 4.98 Å². The number of ether oxygens (including phenoxy) is 1. The third-order valence-corrected chi connectivity index (χ3v) is 5.86. The molecule has 174 valence electrons. The second kappa shape index (κ2) is 10.9. The zero-order chi connectivity index (χ0) is 23.9. The summed E-state index contributed by atoms with van der Waals surface area (Å²) in [6.45, 7) is 4.56. The Bertz CT molecular complexity index is 1260. The van der Waals surface area contributed by atoms with Gasteiger partial charge in [-0.25, -0.2) is 0 Å². The summed E-state index contributed by atoms with van der Waals surface area (Å²) < 4.78 is 10.8. The first kappa shape index (κ1) is 23.3. The van der Waals surface area contributed by atoms with Crippen molar-refractivity contribution in [3.8, 4) is 11.5 Å². The van der Waals surface area contributed by atoms with Gasteiger partial charge in [-0.05, 0) is 54.8 Å². The first-order chi connectivity index (χ1) is 16.6. The SMILES string of the molecule is COCCc1nnc(-c2ccc(C(CC(=NO)c3ccnc(C)c3)c3ccccc3C)cc2)o1. The van der Waals surface area contributed by atoms with E-state index < -0.39 is 0 Å². The summed E-state index contributed by atoms with van der Waals surface area (Å²) in [5.74, 6) is 1.03. The summed E-state index contributed by atoms with van der Waals surface area (Å²) in [6, 6.07) is 20.2. The Balaban J connectivity index is 1.65. The number of aryl methyl sites for hydroxylation is 2. The first-order valence-corrected chi connectivity index (χ1v) is 11.2. The molecule has 0 radical (unpaired) electrons. The van der Waals surface area contributed by atoms with Crippen LogP contribution in [0.1, 0.15) is 46.2 Å². The van der Waals surface area contributed by atoms with Crippen molar-refractivity contribution in [2.45, 2.75) is 32.6 Å². The molecule has 0 fully saturated rings. The highest BCUT2D eigenvalue weighted by Gasteiger charge is 2.21. The van der Waals surface area contributed by atoms with Crippen molar-refractivity contribution in [2.75, 3.05) is 13.7 Å². The van der Waals surface area contributed by atoms with Crippen LogP contribution in [-0.2, 0) is 11.2 Å². The van der Waals surface area contributed by atoms with Crippen LogP contribution in [0.25, 0.3) is 11.5 Å². The molecule has 4 rings (SSSR count). The molecule has 1 N–H and O–H groups in total. The van der Waals surface area contributed by atoms with Gasteiger partial charge in [0.1, 0.15) is 0 Å². The van der Waals surface area contributed by atoms with Gasteiger partial charge in [-0.15, -0.1) is 10.2 Å². The molecule has 1 atom stereocenters. The van der Waals surface area contributed by atoms with E-state index >= 15 is 0 Å². The third kappa shape index (κ3) is 5.38. The number of rotatable bonds is 9. The van der Waals surface area contributed by atoms with Crippen LogP contribution in [0.5, 0.6) is 0 Å². The molecular weight excluding hydrogens is 428 g/mol. The number of nitrogens with zero attached hydrogens (tertiary/aromatic N) is 4. The molecule has 7 nitrogen and oxygen atoms in total. The molecule has 0 aliphatic rings. The normalized spacial score (nSPS) is 12.6. The summed E-state index contributed by atoms with van der Waals surface area (Å²) in [5, 5.41) is 21.8. The molecule has 0 saturated carbocycles. The van der Waals surface area contributed by atoms with Crippen molar-refractivity contribution in [1.82, 2.24) is 15.2 Å². The number of oxime groups is 1. The van der Waals surface area contributed by atoms with E-state index in [9.17, 15) is 5.21 Å². The quantitative estimate of drug-likeness (QED) is 0.208. The number of aromatic nitrogens is 3. The number of hydrogen-bond acceptors (Lipinski definition) is 7. The maximum absolute atomic E-state index is 9.87. The highest BCUT2D eigenvalue weighted by atomic mass is 16.5. The van der Waals surface area contributed by atoms with Gasteiger partial charge in [0.05, 0.1) is 12.3 Å². The number of pyridine rings is 1. The van der Waals surface area contributed by atoms with E-state index in [0.717, 1.165) is 22.4 Å². The molecule has 1 unspecified atom stereocenters. The molecule has 7 heteroatoms. The second-order valence-electron chi connectivity index (χ2n) is 8.21. The van der Waals surface area contributed by atoms with Gasteiger partial charge in [0.15, 0.2) is 0 Å². The maximum atomic E-state index is 9.87. The monoisotopic (exact) mass is 456 g/mol. The third-order valence-electron chi connectivity index (χ3n) is 5.86. The van der Waals surface area contributed by atoms with E-state index in [-0.39, 0.29) is 5.92 Å². The zero-order valence-corrected chi connectivity index (χ0v) is 19.6. The van der Waals surface area contributed by atoms with Crippen molar-refractivity contribution < 1.29 is 14.4 Å². The minimum atomic E-state index is -0.00503. The topological polar surface area (TPSA) is 93.6 Å². The Labute approximate surface area is 199 Å². The smallest absolute Gasteiger partial charge is 0.247 e. The summed E-state index contributed by atoms with van der Waals surface area (Å²) in [7, 11) is 1.64. The van der Waals surface area contributed by atoms with Gasteiger partial charge >= 0.3 is 0 Å². The van der Waals surface area contributed by atoms with Crippen LogP contribution < -0.4 is 0 Å². The predicted molar refractivity (Wildman–Crippen MR) is 130 cm³/mol. The molecule has 34 heavy (non-hydrogen) atoms. The lowest BCUT2D eigenvalue weighted by Gasteiger charge is -2.21. The minimum absolute atomic E-state index is 0.00503. The fraction of sp³-hybridized carbons (Fsp3) is 0.259. The van der Waals surface area contributed by atoms with Gasteiger partial charge in [0, 0.05) is 48.9 Å². The fourth-order valence-electron chi connectivity index (χ4n) is 4.04. The summed E-state index contributed by atoms with van der Waals surface area (Å²) >= 11 is 0. The van der Waals surface area contributed by atoms with Crippen LogP contribution in [0.3, 0.4) is 0 Å². The van der Waals surface area contributed by atoms with Gasteiger partial charge in [0.25, 0.3) is 0 Å². The largest absolute Gasteiger partial charge is 0.421 e. The van der Waals surface area contributed by atoms with Crippen LogP contribution in [0.4, 0.5) is 0 Å².